The van der Waals surface area contributed by atoms with E-state index in [2.05, 4.69) is 17.1 Å². The molecule has 0 saturated carbocycles. The fourth-order valence-electron chi connectivity index (χ4n) is 2.60. The van der Waals surface area contributed by atoms with Crippen LogP contribution >= 0.6 is 11.6 Å². The molecule has 5 heteroatoms. The maximum absolute atomic E-state index is 12.2. The summed E-state index contributed by atoms with van der Waals surface area (Å²) in [5.74, 6) is -0.223. The maximum Gasteiger partial charge on any atom is 0.332 e. The van der Waals surface area contributed by atoms with Crippen LogP contribution in [-0.4, -0.2) is 43.2 Å². The van der Waals surface area contributed by atoms with Gasteiger partial charge < -0.3 is 15.0 Å². The lowest BCUT2D eigenvalue weighted by atomic mass is 9.95. The van der Waals surface area contributed by atoms with Crippen LogP contribution in [0, 0.1) is 0 Å². The van der Waals surface area contributed by atoms with E-state index in [-0.39, 0.29) is 5.97 Å². The Bertz CT molecular complexity index is 451. The van der Waals surface area contributed by atoms with E-state index in [0.717, 1.165) is 12.1 Å². The van der Waals surface area contributed by atoms with Gasteiger partial charge in [0.1, 0.15) is 5.54 Å². The Hall–Kier alpha value is -1.26. The van der Waals surface area contributed by atoms with Crippen molar-refractivity contribution in [2.45, 2.75) is 24.9 Å². The number of hydrogen-bond acceptors (Lipinski definition) is 4. The molecular formula is C14H19ClN2O2. The molecule has 2 unspecified atom stereocenters. The Balaban J connectivity index is 2.24. The van der Waals surface area contributed by atoms with Gasteiger partial charge in [-0.15, -0.1) is 0 Å². The zero-order valence-electron chi connectivity index (χ0n) is 11.4. The van der Waals surface area contributed by atoms with Crippen LogP contribution in [0.15, 0.2) is 24.3 Å². The minimum Gasteiger partial charge on any atom is -0.467 e. The van der Waals surface area contributed by atoms with E-state index in [0.29, 0.717) is 17.6 Å². The van der Waals surface area contributed by atoms with Gasteiger partial charge in [-0.3, -0.25) is 0 Å². The summed E-state index contributed by atoms with van der Waals surface area (Å²) < 4.78 is 4.98. The summed E-state index contributed by atoms with van der Waals surface area (Å²) in [5.41, 5.74) is 0.189. The number of carbonyl (C=O) groups excluding carboxylic acids is 1. The minimum absolute atomic E-state index is 0.223. The first-order valence-electron chi connectivity index (χ1n) is 6.29. The number of methoxy groups -OCH3 is 1. The molecule has 0 radical (unpaired) electrons. The van der Waals surface area contributed by atoms with E-state index in [1.807, 2.05) is 19.2 Å². The lowest BCUT2D eigenvalue weighted by Crippen LogP contribution is -2.49. The van der Waals surface area contributed by atoms with Crippen molar-refractivity contribution in [3.63, 3.8) is 0 Å². The normalized spacial score (nSPS) is 27.3. The van der Waals surface area contributed by atoms with Crippen LogP contribution in [0.3, 0.4) is 0 Å². The van der Waals surface area contributed by atoms with Crippen molar-refractivity contribution in [2.24, 2.45) is 0 Å². The third-order valence-corrected chi connectivity index (χ3v) is 3.97. The molecule has 0 aliphatic carbocycles. The Morgan fingerprint density at radius 3 is 2.58 bits per heavy atom. The zero-order chi connectivity index (χ0) is 14.0. The third-order valence-electron chi connectivity index (χ3n) is 3.72. The van der Waals surface area contributed by atoms with Crippen LogP contribution in [0.4, 0.5) is 5.69 Å². The fourth-order valence-corrected chi connectivity index (χ4v) is 2.73. The number of rotatable bonds is 3. The zero-order valence-corrected chi connectivity index (χ0v) is 12.2. The predicted octanol–water partition coefficient (Wildman–Crippen LogP) is 2.39. The van der Waals surface area contributed by atoms with Gasteiger partial charge in [-0.05, 0) is 44.7 Å². The standard InChI is InChI=1S/C14H19ClN2O2/c1-10-8-14(9-17(10)2,13(18)19-3)16-12-6-4-11(15)5-7-12/h4-7,10,16H,8-9H2,1-3H3. The lowest BCUT2D eigenvalue weighted by molar-refractivity contribution is -0.145. The van der Waals surface area contributed by atoms with Crippen molar-refractivity contribution in [2.75, 3.05) is 26.0 Å². The Morgan fingerprint density at radius 2 is 2.11 bits per heavy atom. The fraction of sp³-hybridized carbons (Fsp3) is 0.500. The largest absolute Gasteiger partial charge is 0.467 e. The number of nitrogens with zero attached hydrogens (tertiary/aromatic N) is 1. The van der Waals surface area contributed by atoms with Crippen molar-refractivity contribution in [3.05, 3.63) is 29.3 Å². The molecule has 1 aromatic rings. The number of esters is 1. The Labute approximate surface area is 118 Å². The van der Waals surface area contributed by atoms with Gasteiger partial charge in [0, 0.05) is 23.3 Å². The van der Waals surface area contributed by atoms with E-state index in [1.165, 1.54) is 7.11 Å². The van der Waals surface area contributed by atoms with Crippen LogP contribution in [0.2, 0.25) is 5.02 Å². The molecule has 1 heterocycles. The Morgan fingerprint density at radius 1 is 1.47 bits per heavy atom. The topological polar surface area (TPSA) is 41.6 Å². The lowest BCUT2D eigenvalue weighted by Gasteiger charge is -2.28. The molecule has 1 aromatic carbocycles. The number of anilines is 1. The number of nitrogens with one attached hydrogen (secondary N) is 1. The van der Waals surface area contributed by atoms with Gasteiger partial charge in [-0.1, -0.05) is 11.6 Å². The molecular weight excluding hydrogens is 264 g/mol. The van der Waals surface area contributed by atoms with Gasteiger partial charge in [-0.25, -0.2) is 4.79 Å². The first-order chi connectivity index (χ1) is 8.97. The summed E-state index contributed by atoms with van der Waals surface area (Å²) in [7, 11) is 3.44. The van der Waals surface area contributed by atoms with Gasteiger partial charge in [0.2, 0.25) is 0 Å². The molecule has 2 atom stereocenters. The molecule has 1 aliphatic rings. The summed E-state index contributed by atoms with van der Waals surface area (Å²) in [6.45, 7) is 2.73. The van der Waals surface area contributed by atoms with Crippen molar-refractivity contribution < 1.29 is 9.53 Å². The number of halogens is 1. The number of benzene rings is 1. The summed E-state index contributed by atoms with van der Waals surface area (Å²) in [4.78, 5) is 14.3. The van der Waals surface area contributed by atoms with E-state index in [9.17, 15) is 4.79 Å². The van der Waals surface area contributed by atoms with Gasteiger partial charge in [-0.2, -0.15) is 0 Å². The van der Waals surface area contributed by atoms with E-state index in [1.54, 1.807) is 12.1 Å². The van der Waals surface area contributed by atoms with Crippen LogP contribution in [0.5, 0.6) is 0 Å². The Kier molecular flexibility index (Phi) is 4.02. The molecule has 4 nitrogen and oxygen atoms in total. The molecule has 0 bridgehead atoms. The number of hydrogen-bond donors (Lipinski definition) is 1. The summed E-state index contributed by atoms with van der Waals surface area (Å²) >= 11 is 5.87. The molecule has 0 aromatic heterocycles. The number of likely N-dealkylation sites (N-methyl/N-ethyl adjacent to an activating group) is 1. The number of ether oxygens (including phenoxy) is 1. The average Bonchev–Trinajstić information content (AvgIpc) is 2.68. The molecule has 0 spiro atoms. The predicted molar refractivity (Wildman–Crippen MR) is 76.5 cm³/mol. The van der Waals surface area contributed by atoms with Crippen LogP contribution in [-0.2, 0) is 9.53 Å². The quantitative estimate of drug-likeness (QED) is 0.865. The second-order valence-corrected chi connectivity index (χ2v) is 5.61. The molecule has 2 rings (SSSR count). The molecule has 1 N–H and O–H groups in total. The van der Waals surface area contributed by atoms with Crippen molar-refractivity contribution >= 4 is 23.3 Å². The molecule has 19 heavy (non-hydrogen) atoms. The SMILES string of the molecule is COC(=O)C1(Nc2ccc(Cl)cc2)CC(C)N(C)C1. The number of likely N-dealkylation sites (tertiary alicyclic amines) is 1. The van der Waals surface area contributed by atoms with Crippen LogP contribution in [0.1, 0.15) is 13.3 Å². The third kappa shape index (κ3) is 2.85. The second kappa shape index (κ2) is 5.39. The van der Waals surface area contributed by atoms with Gasteiger partial charge in [0.15, 0.2) is 0 Å². The highest BCUT2D eigenvalue weighted by molar-refractivity contribution is 6.30. The summed E-state index contributed by atoms with van der Waals surface area (Å²) in [5, 5.41) is 3.99. The molecule has 1 saturated heterocycles. The molecule has 1 fully saturated rings. The molecule has 1 aliphatic heterocycles. The van der Waals surface area contributed by atoms with Crippen LogP contribution < -0.4 is 5.32 Å². The molecule has 0 amide bonds. The highest BCUT2D eigenvalue weighted by atomic mass is 35.5. The molecule has 104 valence electrons. The number of carbonyl (C=O) groups is 1. The van der Waals surface area contributed by atoms with Gasteiger partial charge >= 0.3 is 5.97 Å². The van der Waals surface area contributed by atoms with Crippen molar-refractivity contribution in [1.82, 2.24) is 4.90 Å². The summed E-state index contributed by atoms with van der Waals surface area (Å²) in [6, 6.07) is 7.68. The maximum atomic E-state index is 12.2. The van der Waals surface area contributed by atoms with Gasteiger partial charge in [0.25, 0.3) is 0 Å². The van der Waals surface area contributed by atoms with Crippen molar-refractivity contribution in [3.8, 4) is 0 Å². The van der Waals surface area contributed by atoms with E-state index >= 15 is 0 Å². The highest BCUT2D eigenvalue weighted by Crippen LogP contribution is 2.31. The smallest absolute Gasteiger partial charge is 0.332 e. The van der Waals surface area contributed by atoms with Crippen molar-refractivity contribution in [1.29, 1.82) is 0 Å². The van der Waals surface area contributed by atoms with E-state index in [4.69, 9.17) is 16.3 Å². The first-order valence-corrected chi connectivity index (χ1v) is 6.67. The minimum atomic E-state index is -0.684. The second-order valence-electron chi connectivity index (χ2n) is 5.17. The van der Waals surface area contributed by atoms with Gasteiger partial charge in [0.05, 0.1) is 7.11 Å². The monoisotopic (exact) mass is 282 g/mol. The average molecular weight is 283 g/mol. The summed E-state index contributed by atoms with van der Waals surface area (Å²) in [6.07, 6.45) is 0.721. The van der Waals surface area contributed by atoms with Crippen LogP contribution in [0.25, 0.3) is 0 Å². The highest BCUT2D eigenvalue weighted by Gasteiger charge is 2.47. The van der Waals surface area contributed by atoms with E-state index < -0.39 is 5.54 Å². The first kappa shape index (κ1) is 14.2.